The van der Waals surface area contributed by atoms with Crippen LogP contribution in [0.15, 0.2) is 63.5 Å². The lowest BCUT2D eigenvalue weighted by Crippen LogP contribution is -2.30. The van der Waals surface area contributed by atoms with Crippen molar-refractivity contribution in [3.8, 4) is 11.8 Å². The maximum absolute atomic E-state index is 12.9. The first-order valence-electron chi connectivity index (χ1n) is 8.74. The van der Waals surface area contributed by atoms with Crippen LogP contribution < -0.4 is 15.1 Å². The van der Waals surface area contributed by atoms with E-state index in [0.29, 0.717) is 23.3 Å². The molecule has 0 N–H and O–H groups in total. The third-order valence-electron chi connectivity index (χ3n) is 4.79. The number of hydrogen-bond donors (Lipinski definition) is 0. The maximum Gasteiger partial charge on any atom is 0.268 e. The molecule has 28 heavy (non-hydrogen) atoms. The highest BCUT2D eigenvalue weighted by molar-refractivity contribution is 6.12. The number of methoxy groups -OCH3 is 1. The Hall–Kier alpha value is -3.85. The van der Waals surface area contributed by atoms with Gasteiger partial charge in [-0.25, -0.2) is 0 Å². The standard InChI is InChI=1S/C22H16N2O4/c1-27-19-8-4-6-17-20(25)16(13-28-21(17)19)11-15(12-23)22(26)24-10-9-14-5-2-3-7-18(14)24/h2-8,11,13H,9-10H2,1H3/b15-11+. The van der Waals surface area contributed by atoms with Crippen LogP contribution in [0, 0.1) is 11.3 Å². The number of hydrogen-bond acceptors (Lipinski definition) is 5. The zero-order valence-electron chi connectivity index (χ0n) is 15.1. The Balaban J connectivity index is 1.75. The monoisotopic (exact) mass is 372 g/mol. The smallest absolute Gasteiger partial charge is 0.268 e. The first-order chi connectivity index (χ1) is 13.6. The summed E-state index contributed by atoms with van der Waals surface area (Å²) in [5, 5.41) is 9.86. The van der Waals surface area contributed by atoms with Crippen LogP contribution in [0.25, 0.3) is 17.0 Å². The van der Waals surface area contributed by atoms with E-state index in [1.165, 1.54) is 19.4 Å². The molecule has 0 fully saturated rings. The predicted octanol–water partition coefficient (Wildman–Crippen LogP) is 3.30. The number of carbonyl (C=O) groups excluding carboxylic acids is 1. The topological polar surface area (TPSA) is 83.5 Å². The molecule has 1 aromatic heterocycles. The molecule has 0 aliphatic carbocycles. The van der Waals surface area contributed by atoms with E-state index in [9.17, 15) is 14.9 Å². The number of benzene rings is 2. The summed E-state index contributed by atoms with van der Waals surface area (Å²) >= 11 is 0. The Morgan fingerprint density at radius 1 is 1.25 bits per heavy atom. The second-order valence-corrected chi connectivity index (χ2v) is 6.36. The molecule has 1 aliphatic heterocycles. The van der Waals surface area contributed by atoms with Gasteiger partial charge in [-0.15, -0.1) is 0 Å². The van der Waals surface area contributed by atoms with E-state index in [1.54, 1.807) is 23.1 Å². The predicted molar refractivity (Wildman–Crippen MR) is 105 cm³/mol. The van der Waals surface area contributed by atoms with Gasteiger partial charge in [0.15, 0.2) is 16.8 Å². The Bertz CT molecular complexity index is 1220. The average molecular weight is 372 g/mol. The summed E-state index contributed by atoms with van der Waals surface area (Å²) in [6, 6.07) is 14.5. The minimum atomic E-state index is -0.433. The third-order valence-corrected chi connectivity index (χ3v) is 4.79. The summed E-state index contributed by atoms with van der Waals surface area (Å²) in [6.07, 6.45) is 3.27. The molecule has 0 radical (unpaired) electrons. The van der Waals surface area contributed by atoms with Crippen LogP contribution >= 0.6 is 0 Å². The molecule has 1 aliphatic rings. The highest BCUT2D eigenvalue weighted by Gasteiger charge is 2.26. The molecule has 0 bridgehead atoms. The van der Waals surface area contributed by atoms with Gasteiger partial charge >= 0.3 is 0 Å². The van der Waals surface area contributed by atoms with Crippen molar-refractivity contribution in [1.29, 1.82) is 5.26 Å². The van der Waals surface area contributed by atoms with Gasteiger partial charge in [-0.1, -0.05) is 24.3 Å². The number of fused-ring (bicyclic) bond motifs is 2. The lowest BCUT2D eigenvalue weighted by molar-refractivity contribution is -0.114. The second kappa shape index (κ2) is 7.05. The van der Waals surface area contributed by atoms with Gasteiger partial charge in [0.1, 0.15) is 17.9 Å². The van der Waals surface area contributed by atoms with Crippen molar-refractivity contribution < 1.29 is 13.9 Å². The fraction of sp³-hybridized carbons (Fsp3) is 0.136. The average Bonchev–Trinajstić information content (AvgIpc) is 3.16. The van der Waals surface area contributed by atoms with Gasteiger partial charge in [0, 0.05) is 12.2 Å². The van der Waals surface area contributed by atoms with Gasteiger partial charge < -0.3 is 14.1 Å². The van der Waals surface area contributed by atoms with Crippen molar-refractivity contribution in [2.24, 2.45) is 0 Å². The van der Waals surface area contributed by atoms with Crippen LogP contribution in [-0.4, -0.2) is 19.6 Å². The molecule has 3 aromatic rings. The third kappa shape index (κ3) is 2.83. The van der Waals surface area contributed by atoms with E-state index in [1.807, 2.05) is 30.3 Å². The molecule has 138 valence electrons. The highest BCUT2D eigenvalue weighted by atomic mass is 16.5. The molecule has 0 atom stereocenters. The number of anilines is 1. The normalized spacial score (nSPS) is 13.3. The molecule has 0 saturated carbocycles. The fourth-order valence-corrected chi connectivity index (χ4v) is 3.40. The molecule has 4 rings (SSSR count). The van der Waals surface area contributed by atoms with Gasteiger partial charge in [-0.3, -0.25) is 9.59 Å². The number of nitriles is 1. The van der Waals surface area contributed by atoms with Crippen molar-refractivity contribution in [1.82, 2.24) is 0 Å². The summed E-state index contributed by atoms with van der Waals surface area (Å²) < 4.78 is 10.8. The van der Waals surface area contributed by atoms with E-state index in [4.69, 9.17) is 9.15 Å². The summed E-state index contributed by atoms with van der Waals surface area (Å²) in [7, 11) is 1.49. The van der Waals surface area contributed by atoms with E-state index in [2.05, 4.69) is 0 Å². The van der Waals surface area contributed by atoms with E-state index >= 15 is 0 Å². The van der Waals surface area contributed by atoms with Crippen LogP contribution in [-0.2, 0) is 11.2 Å². The SMILES string of the molecule is COc1cccc2c(=O)c(/C=C(\C#N)C(=O)N3CCc4ccccc43)coc12. The summed E-state index contributed by atoms with van der Waals surface area (Å²) in [6.45, 7) is 0.501. The Morgan fingerprint density at radius 2 is 2.07 bits per heavy atom. The van der Waals surface area contributed by atoms with E-state index in [0.717, 1.165) is 17.7 Å². The van der Waals surface area contributed by atoms with Gasteiger partial charge in [0.05, 0.1) is 18.1 Å². The summed E-state index contributed by atoms with van der Waals surface area (Å²) in [4.78, 5) is 27.3. The van der Waals surface area contributed by atoms with Gasteiger partial charge in [0.25, 0.3) is 5.91 Å². The van der Waals surface area contributed by atoms with Gasteiger partial charge in [-0.2, -0.15) is 5.26 Å². The first kappa shape index (κ1) is 17.6. The lowest BCUT2D eigenvalue weighted by Gasteiger charge is -2.16. The first-order valence-corrected chi connectivity index (χ1v) is 8.74. The van der Waals surface area contributed by atoms with Crippen molar-refractivity contribution >= 4 is 28.6 Å². The second-order valence-electron chi connectivity index (χ2n) is 6.36. The number of para-hydroxylation sites is 2. The molecular weight excluding hydrogens is 356 g/mol. The minimum absolute atomic E-state index is 0.119. The van der Waals surface area contributed by atoms with E-state index in [-0.39, 0.29) is 16.6 Å². The van der Waals surface area contributed by atoms with Crippen LogP contribution in [0.3, 0.4) is 0 Å². The molecule has 2 aromatic carbocycles. The number of amides is 1. The van der Waals surface area contributed by atoms with E-state index < -0.39 is 5.91 Å². The maximum atomic E-state index is 12.9. The quantitative estimate of drug-likeness (QED) is 0.520. The Kier molecular flexibility index (Phi) is 4.42. The van der Waals surface area contributed by atoms with Crippen LogP contribution in [0.1, 0.15) is 11.1 Å². The van der Waals surface area contributed by atoms with Crippen LogP contribution in [0.5, 0.6) is 5.75 Å². The number of ether oxygens (including phenoxy) is 1. The number of nitrogens with zero attached hydrogens (tertiary/aromatic N) is 2. The Morgan fingerprint density at radius 3 is 2.86 bits per heavy atom. The minimum Gasteiger partial charge on any atom is -0.493 e. The fourth-order valence-electron chi connectivity index (χ4n) is 3.40. The van der Waals surface area contributed by atoms with Crippen molar-refractivity contribution in [3.05, 3.63) is 75.7 Å². The van der Waals surface area contributed by atoms with Crippen molar-refractivity contribution in [2.45, 2.75) is 6.42 Å². The molecule has 0 saturated heterocycles. The lowest BCUT2D eigenvalue weighted by atomic mass is 10.1. The number of carbonyl (C=O) groups is 1. The summed E-state index contributed by atoms with van der Waals surface area (Å²) in [5.41, 5.74) is 1.87. The molecule has 0 unspecified atom stereocenters. The van der Waals surface area contributed by atoms with Crippen LogP contribution in [0.2, 0.25) is 0 Å². The Labute approximate surface area is 160 Å². The number of rotatable bonds is 3. The van der Waals surface area contributed by atoms with Crippen molar-refractivity contribution in [3.63, 3.8) is 0 Å². The molecule has 1 amide bonds. The zero-order valence-corrected chi connectivity index (χ0v) is 15.1. The highest BCUT2D eigenvalue weighted by Crippen LogP contribution is 2.29. The molecular formula is C22H16N2O4. The molecule has 6 heteroatoms. The van der Waals surface area contributed by atoms with Gasteiger partial charge in [0.2, 0.25) is 0 Å². The van der Waals surface area contributed by atoms with Crippen molar-refractivity contribution in [2.75, 3.05) is 18.6 Å². The molecule has 0 spiro atoms. The zero-order chi connectivity index (χ0) is 19.7. The molecule has 2 heterocycles. The largest absolute Gasteiger partial charge is 0.493 e. The molecule has 6 nitrogen and oxygen atoms in total. The van der Waals surface area contributed by atoms with Crippen LogP contribution in [0.4, 0.5) is 5.69 Å². The summed E-state index contributed by atoms with van der Waals surface area (Å²) in [5.74, 6) is 0.00738. The van der Waals surface area contributed by atoms with Gasteiger partial charge in [-0.05, 0) is 36.3 Å².